The van der Waals surface area contributed by atoms with Crippen LogP contribution in [0, 0.1) is 5.41 Å². The fraction of sp³-hybridized carbons (Fsp3) is 1.00. The summed E-state index contributed by atoms with van der Waals surface area (Å²) >= 11 is 0. The minimum absolute atomic E-state index is 0.0446. The fourth-order valence-corrected chi connectivity index (χ4v) is 3.06. The average Bonchev–Trinajstić information content (AvgIpc) is 2.32. The third kappa shape index (κ3) is 3.01. The molecule has 17 heavy (non-hydrogen) atoms. The van der Waals surface area contributed by atoms with Crippen LogP contribution in [0.2, 0.25) is 0 Å². The van der Waals surface area contributed by atoms with Crippen LogP contribution in [0.5, 0.6) is 0 Å². The largest absolute Gasteiger partial charge is 0.380 e. The van der Waals surface area contributed by atoms with Crippen LogP contribution in [-0.2, 0) is 9.47 Å². The summed E-state index contributed by atoms with van der Waals surface area (Å²) in [5, 5.41) is 3.59. The zero-order valence-electron chi connectivity index (χ0n) is 11.6. The molecule has 1 saturated carbocycles. The number of ether oxygens (including phenoxy) is 2. The van der Waals surface area contributed by atoms with Gasteiger partial charge in [0.1, 0.15) is 0 Å². The molecule has 2 aliphatic rings. The lowest BCUT2D eigenvalue weighted by Crippen LogP contribution is -2.61. The van der Waals surface area contributed by atoms with Crippen LogP contribution in [0.15, 0.2) is 0 Å². The zero-order chi connectivity index (χ0) is 12.4. The summed E-state index contributed by atoms with van der Waals surface area (Å²) in [7, 11) is 0. The molecule has 1 unspecified atom stereocenters. The van der Waals surface area contributed by atoms with E-state index in [9.17, 15) is 0 Å². The Morgan fingerprint density at radius 2 is 1.94 bits per heavy atom. The lowest BCUT2D eigenvalue weighted by Gasteiger charge is -2.50. The Morgan fingerprint density at radius 3 is 2.59 bits per heavy atom. The Hall–Kier alpha value is -0.120. The van der Waals surface area contributed by atoms with E-state index in [1.54, 1.807) is 0 Å². The molecular formula is C14H27NO2. The molecule has 0 radical (unpaired) electrons. The molecule has 0 aromatic carbocycles. The highest BCUT2D eigenvalue weighted by Crippen LogP contribution is 2.44. The summed E-state index contributed by atoms with van der Waals surface area (Å²) in [6.07, 6.45) is 4.87. The molecule has 1 spiro atoms. The molecule has 3 nitrogen and oxygen atoms in total. The van der Waals surface area contributed by atoms with Crippen molar-refractivity contribution in [2.75, 3.05) is 26.4 Å². The van der Waals surface area contributed by atoms with E-state index >= 15 is 0 Å². The first-order valence-corrected chi connectivity index (χ1v) is 7.03. The predicted octanol–water partition coefficient (Wildman–Crippen LogP) is 2.35. The van der Waals surface area contributed by atoms with Gasteiger partial charge < -0.3 is 14.8 Å². The summed E-state index contributed by atoms with van der Waals surface area (Å²) in [5.74, 6) is 0. The zero-order valence-corrected chi connectivity index (χ0v) is 11.6. The van der Waals surface area contributed by atoms with Crippen LogP contribution in [0.4, 0.5) is 0 Å². The van der Waals surface area contributed by atoms with Gasteiger partial charge in [0.15, 0.2) is 0 Å². The summed E-state index contributed by atoms with van der Waals surface area (Å²) in [4.78, 5) is 0. The maximum atomic E-state index is 6.17. The second-order valence-electron chi connectivity index (χ2n) is 6.24. The summed E-state index contributed by atoms with van der Waals surface area (Å²) in [6, 6.07) is 0.382. The van der Waals surface area contributed by atoms with Gasteiger partial charge in [-0.15, -0.1) is 0 Å². The summed E-state index contributed by atoms with van der Waals surface area (Å²) in [6.45, 7) is 10.2. The smallest absolute Gasteiger partial charge is 0.0858 e. The van der Waals surface area contributed by atoms with Crippen molar-refractivity contribution >= 4 is 0 Å². The van der Waals surface area contributed by atoms with Crippen LogP contribution in [0.25, 0.3) is 0 Å². The lowest BCUT2D eigenvalue weighted by molar-refractivity contribution is -0.143. The molecular weight excluding hydrogens is 214 g/mol. The third-order valence-electron chi connectivity index (χ3n) is 4.46. The van der Waals surface area contributed by atoms with E-state index in [1.165, 1.54) is 25.7 Å². The Morgan fingerprint density at radius 1 is 1.24 bits per heavy atom. The van der Waals surface area contributed by atoms with Gasteiger partial charge in [0.2, 0.25) is 0 Å². The molecule has 2 fully saturated rings. The second-order valence-corrected chi connectivity index (χ2v) is 6.24. The first kappa shape index (κ1) is 13.3. The van der Waals surface area contributed by atoms with Crippen LogP contribution in [0.3, 0.4) is 0 Å². The van der Waals surface area contributed by atoms with Gasteiger partial charge >= 0.3 is 0 Å². The molecule has 100 valence electrons. The molecule has 1 heterocycles. The van der Waals surface area contributed by atoms with E-state index in [-0.39, 0.29) is 5.60 Å². The normalized spacial score (nSPS) is 31.6. The van der Waals surface area contributed by atoms with Crippen molar-refractivity contribution in [3.63, 3.8) is 0 Å². The molecule has 1 N–H and O–H groups in total. The van der Waals surface area contributed by atoms with E-state index in [1.807, 2.05) is 0 Å². The van der Waals surface area contributed by atoms with Crippen LogP contribution in [0.1, 0.15) is 46.5 Å². The lowest BCUT2D eigenvalue weighted by atomic mass is 9.68. The van der Waals surface area contributed by atoms with Crippen LogP contribution >= 0.6 is 0 Å². The standard InChI is InChI=1S/C14H27NO2/c1-4-16-11-12-14(17-10-9-15-12)7-5-13(2,3)6-8-14/h12,15H,4-11H2,1-3H3. The molecule has 1 saturated heterocycles. The second kappa shape index (κ2) is 5.25. The van der Waals surface area contributed by atoms with E-state index in [0.29, 0.717) is 11.5 Å². The number of morpholine rings is 1. The van der Waals surface area contributed by atoms with Crippen LogP contribution < -0.4 is 5.32 Å². The Kier molecular flexibility index (Phi) is 4.11. The van der Waals surface area contributed by atoms with Gasteiger partial charge in [0.05, 0.1) is 24.9 Å². The van der Waals surface area contributed by atoms with E-state index in [0.717, 1.165) is 26.4 Å². The molecule has 0 aromatic heterocycles. The molecule has 2 rings (SSSR count). The quantitative estimate of drug-likeness (QED) is 0.823. The van der Waals surface area contributed by atoms with Gasteiger partial charge in [-0.3, -0.25) is 0 Å². The highest BCUT2D eigenvalue weighted by molar-refractivity contribution is 5.00. The number of hydrogen-bond acceptors (Lipinski definition) is 3. The minimum Gasteiger partial charge on any atom is -0.380 e. The van der Waals surface area contributed by atoms with Crippen LogP contribution in [-0.4, -0.2) is 38.0 Å². The molecule has 0 bridgehead atoms. The maximum absolute atomic E-state index is 6.17. The molecule has 0 amide bonds. The van der Waals surface area contributed by atoms with Crippen molar-refractivity contribution in [1.82, 2.24) is 5.32 Å². The average molecular weight is 241 g/mol. The Bertz CT molecular complexity index is 243. The van der Waals surface area contributed by atoms with Gasteiger partial charge in [-0.2, -0.15) is 0 Å². The van der Waals surface area contributed by atoms with Crippen molar-refractivity contribution in [2.24, 2.45) is 5.41 Å². The van der Waals surface area contributed by atoms with Gasteiger partial charge in [0, 0.05) is 13.2 Å². The van der Waals surface area contributed by atoms with Crippen molar-refractivity contribution < 1.29 is 9.47 Å². The maximum Gasteiger partial charge on any atom is 0.0858 e. The van der Waals surface area contributed by atoms with Gasteiger partial charge in [-0.25, -0.2) is 0 Å². The van der Waals surface area contributed by atoms with E-state index in [4.69, 9.17) is 9.47 Å². The Labute approximate surface area is 105 Å². The van der Waals surface area contributed by atoms with E-state index in [2.05, 4.69) is 26.1 Å². The third-order valence-corrected chi connectivity index (χ3v) is 4.46. The monoisotopic (exact) mass is 241 g/mol. The molecule has 1 aliphatic heterocycles. The number of hydrogen-bond donors (Lipinski definition) is 1. The highest BCUT2D eigenvalue weighted by atomic mass is 16.5. The highest BCUT2D eigenvalue weighted by Gasteiger charge is 2.46. The summed E-state index contributed by atoms with van der Waals surface area (Å²) in [5.41, 5.74) is 0.533. The SMILES string of the molecule is CCOCC1NCCOC12CCC(C)(C)CC2. The van der Waals surface area contributed by atoms with Gasteiger partial charge in [0.25, 0.3) is 0 Å². The minimum atomic E-state index is 0.0446. The van der Waals surface area contributed by atoms with Crippen molar-refractivity contribution in [3.05, 3.63) is 0 Å². The number of nitrogens with one attached hydrogen (secondary N) is 1. The topological polar surface area (TPSA) is 30.5 Å². The molecule has 0 aromatic rings. The fourth-order valence-electron chi connectivity index (χ4n) is 3.06. The predicted molar refractivity (Wildman–Crippen MR) is 69.2 cm³/mol. The van der Waals surface area contributed by atoms with Crippen molar-refractivity contribution in [1.29, 1.82) is 0 Å². The first-order valence-electron chi connectivity index (χ1n) is 7.03. The van der Waals surface area contributed by atoms with E-state index < -0.39 is 0 Å². The molecule has 1 atom stereocenters. The Balaban J connectivity index is 2.00. The summed E-state index contributed by atoms with van der Waals surface area (Å²) < 4.78 is 11.8. The number of rotatable bonds is 3. The van der Waals surface area contributed by atoms with Crippen molar-refractivity contribution in [2.45, 2.75) is 58.1 Å². The molecule has 3 heteroatoms. The molecule has 1 aliphatic carbocycles. The van der Waals surface area contributed by atoms with Gasteiger partial charge in [-0.05, 0) is 38.0 Å². The van der Waals surface area contributed by atoms with Crippen molar-refractivity contribution in [3.8, 4) is 0 Å². The first-order chi connectivity index (χ1) is 8.08. The van der Waals surface area contributed by atoms with Gasteiger partial charge in [-0.1, -0.05) is 13.8 Å².